The van der Waals surface area contributed by atoms with Gasteiger partial charge in [0.2, 0.25) is 6.41 Å². The lowest BCUT2D eigenvalue weighted by atomic mass is 9.97. The van der Waals surface area contributed by atoms with Crippen LogP contribution in [-0.2, 0) is 15.1 Å². The number of carboxylic acids is 1. The van der Waals surface area contributed by atoms with Crippen molar-refractivity contribution in [1.82, 2.24) is 4.90 Å². The van der Waals surface area contributed by atoms with Gasteiger partial charge in [-0.1, -0.05) is 0 Å². The number of nitrogens with zero attached hydrogens (tertiary/aromatic N) is 1. The van der Waals surface area contributed by atoms with Crippen LogP contribution in [0.5, 0.6) is 0 Å². The van der Waals surface area contributed by atoms with E-state index >= 15 is 0 Å². The lowest BCUT2D eigenvalue weighted by Gasteiger charge is -2.33. The predicted octanol–water partition coefficient (Wildman–Crippen LogP) is 1.96. The normalized spacial score (nSPS) is 18.5. The summed E-state index contributed by atoms with van der Waals surface area (Å²) in [5, 5.41) is 9.40. The molecule has 0 aliphatic heterocycles. The first-order valence-corrected chi connectivity index (χ1v) is 6.02. The van der Waals surface area contributed by atoms with Crippen molar-refractivity contribution in [3.05, 3.63) is 22.6 Å². The van der Waals surface area contributed by atoms with Crippen LogP contribution >= 0.6 is 15.9 Å². The molecule has 1 aromatic rings. The second kappa shape index (κ2) is 4.18. The largest absolute Gasteiger partial charge is 0.479 e. The van der Waals surface area contributed by atoms with Crippen LogP contribution in [0, 0.1) is 0 Å². The van der Waals surface area contributed by atoms with Crippen molar-refractivity contribution in [1.29, 1.82) is 0 Å². The molecule has 0 bridgehead atoms. The molecule has 17 heavy (non-hydrogen) atoms. The van der Waals surface area contributed by atoms with E-state index < -0.39 is 11.5 Å². The summed E-state index contributed by atoms with van der Waals surface area (Å²) in [6.45, 7) is 1.48. The number of aliphatic carboxylic acids is 1. The molecule has 1 saturated carbocycles. The third kappa shape index (κ3) is 1.97. The van der Waals surface area contributed by atoms with Gasteiger partial charge in [0, 0.05) is 6.04 Å². The third-order valence-electron chi connectivity index (χ3n) is 3.04. The number of hydrogen-bond acceptors (Lipinski definition) is 3. The van der Waals surface area contributed by atoms with Crippen LogP contribution in [0.3, 0.4) is 0 Å². The predicted molar refractivity (Wildman–Crippen MR) is 62.3 cm³/mol. The highest BCUT2D eigenvalue weighted by molar-refractivity contribution is 9.10. The summed E-state index contributed by atoms with van der Waals surface area (Å²) in [6.07, 6.45) is 2.26. The van der Waals surface area contributed by atoms with Crippen molar-refractivity contribution in [2.45, 2.75) is 31.3 Å². The third-order valence-corrected chi connectivity index (χ3v) is 3.47. The van der Waals surface area contributed by atoms with Crippen LogP contribution in [0.4, 0.5) is 0 Å². The van der Waals surface area contributed by atoms with Crippen molar-refractivity contribution in [3.8, 4) is 0 Å². The van der Waals surface area contributed by atoms with E-state index in [4.69, 9.17) is 4.42 Å². The Balaban J connectivity index is 2.44. The molecule has 1 amide bonds. The molecule has 1 aliphatic carbocycles. The standard InChI is InChI=1S/C11H12BrNO4/c1-11(10(15)16,8-4-5-9(12)17-8)13(6-14)7-2-3-7/h4-7H,2-3H2,1H3,(H,15,16). The first kappa shape index (κ1) is 12.2. The summed E-state index contributed by atoms with van der Waals surface area (Å²) in [6, 6.07) is 3.18. The van der Waals surface area contributed by atoms with Gasteiger partial charge in [-0.05, 0) is 47.8 Å². The number of carboxylic acid groups (broad SMARTS) is 1. The smallest absolute Gasteiger partial charge is 0.337 e. The molecule has 6 heteroatoms. The van der Waals surface area contributed by atoms with Crippen LogP contribution in [0.2, 0.25) is 0 Å². The number of hydrogen-bond donors (Lipinski definition) is 1. The fourth-order valence-corrected chi connectivity index (χ4v) is 2.13. The fourth-order valence-electron chi connectivity index (χ4n) is 1.83. The zero-order valence-electron chi connectivity index (χ0n) is 9.22. The zero-order valence-corrected chi connectivity index (χ0v) is 10.8. The molecule has 1 aliphatic rings. The van der Waals surface area contributed by atoms with Gasteiger partial charge >= 0.3 is 5.97 Å². The minimum absolute atomic E-state index is 0.00234. The van der Waals surface area contributed by atoms with Crippen LogP contribution in [0.25, 0.3) is 0 Å². The summed E-state index contributed by atoms with van der Waals surface area (Å²) < 4.78 is 5.75. The Morgan fingerprint density at radius 2 is 2.29 bits per heavy atom. The number of furan rings is 1. The zero-order chi connectivity index (χ0) is 12.6. The molecule has 5 nitrogen and oxygen atoms in total. The molecule has 1 aromatic heterocycles. The van der Waals surface area contributed by atoms with E-state index in [0.717, 1.165) is 12.8 Å². The summed E-state index contributed by atoms with van der Waals surface area (Å²) in [5.74, 6) is -0.853. The molecular formula is C11H12BrNO4. The molecule has 1 heterocycles. The van der Waals surface area contributed by atoms with Crippen LogP contribution < -0.4 is 0 Å². The highest BCUT2D eigenvalue weighted by Crippen LogP contribution is 2.38. The number of carbonyl (C=O) groups is 2. The van der Waals surface area contributed by atoms with E-state index in [1.807, 2.05) is 0 Å². The average molecular weight is 302 g/mol. The first-order chi connectivity index (χ1) is 8.00. The summed E-state index contributed by atoms with van der Waals surface area (Å²) in [4.78, 5) is 23.9. The maximum Gasteiger partial charge on any atom is 0.337 e. The molecule has 1 atom stereocenters. The molecule has 0 radical (unpaired) electrons. The average Bonchev–Trinajstić information content (AvgIpc) is 3.00. The Hall–Kier alpha value is -1.30. The summed E-state index contributed by atoms with van der Waals surface area (Å²) in [5.41, 5.74) is -1.45. The van der Waals surface area contributed by atoms with Crippen molar-refractivity contribution in [2.75, 3.05) is 0 Å². The van der Waals surface area contributed by atoms with E-state index in [0.29, 0.717) is 11.1 Å². The highest BCUT2D eigenvalue weighted by Gasteiger charge is 2.49. The minimum Gasteiger partial charge on any atom is -0.479 e. The van der Waals surface area contributed by atoms with Gasteiger partial charge in [0.15, 0.2) is 10.2 Å². The van der Waals surface area contributed by atoms with E-state index in [-0.39, 0.29) is 11.8 Å². The highest BCUT2D eigenvalue weighted by atomic mass is 79.9. The molecule has 0 saturated heterocycles. The SMILES string of the molecule is CC(C(=O)O)(c1ccc(Br)o1)N(C=O)C1CC1. The Morgan fingerprint density at radius 1 is 1.65 bits per heavy atom. The Kier molecular flexibility index (Phi) is 2.99. The minimum atomic E-state index is -1.45. The van der Waals surface area contributed by atoms with Crippen LogP contribution in [0.1, 0.15) is 25.5 Å². The lowest BCUT2D eigenvalue weighted by Crippen LogP contribution is -2.50. The van der Waals surface area contributed by atoms with E-state index in [1.54, 1.807) is 12.1 Å². The number of amides is 1. The summed E-state index contributed by atoms with van der Waals surface area (Å²) in [7, 11) is 0. The second-order valence-electron chi connectivity index (χ2n) is 4.22. The Bertz CT molecular complexity index is 454. The topological polar surface area (TPSA) is 70.8 Å². The number of carbonyl (C=O) groups excluding carboxylic acids is 1. The van der Waals surface area contributed by atoms with Crippen LogP contribution in [-0.4, -0.2) is 28.4 Å². The molecule has 1 fully saturated rings. The van der Waals surface area contributed by atoms with Crippen molar-refractivity contribution in [3.63, 3.8) is 0 Å². The van der Waals surface area contributed by atoms with E-state index in [9.17, 15) is 14.7 Å². The van der Waals surface area contributed by atoms with Gasteiger partial charge in [0.25, 0.3) is 0 Å². The molecule has 2 rings (SSSR count). The van der Waals surface area contributed by atoms with Gasteiger partial charge in [0.1, 0.15) is 5.76 Å². The summed E-state index contributed by atoms with van der Waals surface area (Å²) >= 11 is 3.13. The molecule has 1 N–H and O–H groups in total. The van der Waals surface area contributed by atoms with Gasteiger partial charge in [-0.3, -0.25) is 4.79 Å². The van der Waals surface area contributed by atoms with Gasteiger partial charge in [-0.2, -0.15) is 0 Å². The Labute approximate surface area is 107 Å². The monoisotopic (exact) mass is 301 g/mol. The number of rotatable bonds is 5. The maximum atomic E-state index is 11.5. The number of halogens is 1. The van der Waals surface area contributed by atoms with E-state index in [1.165, 1.54) is 11.8 Å². The molecule has 92 valence electrons. The van der Waals surface area contributed by atoms with Gasteiger partial charge in [-0.15, -0.1) is 0 Å². The molecule has 0 spiro atoms. The van der Waals surface area contributed by atoms with Crippen molar-refractivity contribution in [2.24, 2.45) is 0 Å². The quantitative estimate of drug-likeness (QED) is 0.844. The van der Waals surface area contributed by atoms with Crippen LogP contribution in [0.15, 0.2) is 21.2 Å². The molecule has 0 aromatic carbocycles. The van der Waals surface area contributed by atoms with Crippen molar-refractivity contribution >= 4 is 28.3 Å². The molecule has 1 unspecified atom stereocenters. The van der Waals surface area contributed by atoms with Crippen molar-refractivity contribution < 1.29 is 19.1 Å². The van der Waals surface area contributed by atoms with E-state index in [2.05, 4.69) is 15.9 Å². The Morgan fingerprint density at radius 3 is 2.65 bits per heavy atom. The fraction of sp³-hybridized carbons (Fsp3) is 0.455. The second-order valence-corrected chi connectivity index (χ2v) is 5.01. The lowest BCUT2D eigenvalue weighted by molar-refractivity contribution is -0.156. The first-order valence-electron chi connectivity index (χ1n) is 5.23. The van der Waals surface area contributed by atoms with Gasteiger partial charge in [0.05, 0.1) is 0 Å². The van der Waals surface area contributed by atoms with Gasteiger partial charge in [-0.25, -0.2) is 4.79 Å². The maximum absolute atomic E-state index is 11.5. The van der Waals surface area contributed by atoms with Gasteiger partial charge < -0.3 is 14.4 Å². The molecular weight excluding hydrogens is 290 g/mol.